The zero-order valence-corrected chi connectivity index (χ0v) is 19.2. The van der Waals surface area contributed by atoms with Gasteiger partial charge in [0.2, 0.25) is 11.0 Å². The van der Waals surface area contributed by atoms with Crippen LogP contribution in [0.2, 0.25) is 0 Å². The number of carbonyl (C=O) groups is 1. The summed E-state index contributed by atoms with van der Waals surface area (Å²) in [6.45, 7) is 3.78. The minimum absolute atomic E-state index is 0.0950. The molecule has 2 N–H and O–H groups in total. The number of carbonyl (C=O) groups excluding carboxylic acids is 1. The van der Waals surface area contributed by atoms with Gasteiger partial charge in [0.05, 0.1) is 24.9 Å². The molecule has 32 heavy (non-hydrogen) atoms. The summed E-state index contributed by atoms with van der Waals surface area (Å²) >= 11 is 2.69. The molecular formula is C20H24FN7O2S2. The van der Waals surface area contributed by atoms with Gasteiger partial charge in [-0.2, -0.15) is 0 Å². The van der Waals surface area contributed by atoms with Gasteiger partial charge in [-0.25, -0.2) is 4.39 Å². The summed E-state index contributed by atoms with van der Waals surface area (Å²) in [5.41, 5.74) is 0.787. The molecular weight excluding hydrogens is 453 g/mol. The lowest BCUT2D eigenvalue weighted by Crippen LogP contribution is -2.20. The number of halogens is 1. The monoisotopic (exact) mass is 477 g/mol. The van der Waals surface area contributed by atoms with Gasteiger partial charge in [0.1, 0.15) is 10.8 Å². The van der Waals surface area contributed by atoms with Crippen LogP contribution in [0.25, 0.3) is 0 Å². The molecule has 2 aromatic heterocycles. The molecule has 0 bridgehead atoms. The van der Waals surface area contributed by atoms with Crippen LogP contribution in [0, 0.1) is 5.82 Å². The standard InChI is InChI=1S/C20H24FN7O2S2/c1-2-18-25-26-19(32-18)23-17(29)12-31-20-27-24-16(28(20)11-15-4-3-9-30-15)10-22-14-7-5-13(21)6-8-14/h5-8,15,22H,2-4,9-12H2,1H3,(H,23,26,29). The first-order valence-electron chi connectivity index (χ1n) is 10.4. The predicted molar refractivity (Wildman–Crippen MR) is 121 cm³/mol. The number of benzene rings is 1. The molecule has 1 aliphatic heterocycles. The van der Waals surface area contributed by atoms with Gasteiger partial charge in [-0.05, 0) is 43.5 Å². The smallest absolute Gasteiger partial charge is 0.236 e. The third-order valence-corrected chi connectivity index (χ3v) is 6.80. The Balaban J connectivity index is 1.40. The lowest BCUT2D eigenvalue weighted by atomic mass is 10.2. The van der Waals surface area contributed by atoms with Crippen LogP contribution in [0.3, 0.4) is 0 Å². The number of aromatic nitrogens is 5. The Labute approximate surface area is 193 Å². The van der Waals surface area contributed by atoms with Gasteiger partial charge in [0.25, 0.3) is 0 Å². The Morgan fingerprint density at radius 3 is 2.84 bits per heavy atom. The third-order valence-electron chi connectivity index (χ3n) is 4.85. The quantitative estimate of drug-likeness (QED) is 0.428. The highest BCUT2D eigenvalue weighted by molar-refractivity contribution is 7.99. The van der Waals surface area contributed by atoms with Gasteiger partial charge < -0.3 is 14.6 Å². The number of ether oxygens (including phenoxy) is 1. The van der Waals surface area contributed by atoms with Crippen molar-refractivity contribution in [3.8, 4) is 0 Å². The van der Waals surface area contributed by atoms with Crippen LogP contribution < -0.4 is 10.6 Å². The van der Waals surface area contributed by atoms with Crippen LogP contribution in [-0.2, 0) is 29.0 Å². The van der Waals surface area contributed by atoms with E-state index in [1.165, 1.54) is 35.2 Å². The average molecular weight is 478 g/mol. The van der Waals surface area contributed by atoms with Crippen molar-refractivity contribution in [1.82, 2.24) is 25.0 Å². The number of thioether (sulfide) groups is 1. The maximum atomic E-state index is 13.1. The second kappa shape index (κ2) is 10.8. The topological polar surface area (TPSA) is 107 Å². The second-order valence-corrected chi connectivity index (χ2v) is 9.20. The maximum absolute atomic E-state index is 13.1. The molecule has 4 rings (SSSR count). The van der Waals surface area contributed by atoms with Gasteiger partial charge >= 0.3 is 0 Å². The van der Waals surface area contributed by atoms with Gasteiger partial charge in [0.15, 0.2) is 11.0 Å². The van der Waals surface area contributed by atoms with Crippen molar-refractivity contribution in [1.29, 1.82) is 0 Å². The van der Waals surface area contributed by atoms with Crippen LogP contribution >= 0.6 is 23.1 Å². The van der Waals surface area contributed by atoms with Crippen molar-refractivity contribution in [2.24, 2.45) is 0 Å². The second-order valence-electron chi connectivity index (χ2n) is 7.20. The van der Waals surface area contributed by atoms with Crippen LogP contribution in [0.4, 0.5) is 15.2 Å². The Kier molecular flexibility index (Phi) is 7.66. The summed E-state index contributed by atoms with van der Waals surface area (Å²) in [7, 11) is 0. The zero-order chi connectivity index (χ0) is 22.3. The summed E-state index contributed by atoms with van der Waals surface area (Å²) in [6.07, 6.45) is 2.88. The molecule has 1 saturated heterocycles. The van der Waals surface area contributed by atoms with E-state index in [4.69, 9.17) is 4.74 Å². The molecule has 1 atom stereocenters. The Morgan fingerprint density at radius 2 is 2.12 bits per heavy atom. The molecule has 0 saturated carbocycles. The average Bonchev–Trinajstić information content (AvgIpc) is 3.54. The molecule has 0 radical (unpaired) electrons. The number of hydrogen-bond acceptors (Lipinski definition) is 9. The van der Waals surface area contributed by atoms with E-state index in [0.717, 1.165) is 42.4 Å². The maximum Gasteiger partial charge on any atom is 0.236 e. The SMILES string of the molecule is CCc1nnc(NC(=O)CSc2nnc(CNc3ccc(F)cc3)n2CC2CCCO2)s1. The summed E-state index contributed by atoms with van der Waals surface area (Å²) in [4.78, 5) is 12.4. The van der Waals surface area contributed by atoms with Crippen molar-refractivity contribution < 1.29 is 13.9 Å². The minimum atomic E-state index is -0.284. The Morgan fingerprint density at radius 1 is 1.28 bits per heavy atom. The molecule has 3 aromatic rings. The molecule has 1 aliphatic rings. The summed E-state index contributed by atoms with van der Waals surface area (Å²) in [5, 5.41) is 24.6. The fourth-order valence-corrected chi connectivity index (χ4v) is 4.68. The number of nitrogens with zero attached hydrogens (tertiary/aromatic N) is 5. The lowest BCUT2D eigenvalue weighted by Gasteiger charge is -2.15. The highest BCUT2D eigenvalue weighted by atomic mass is 32.2. The number of rotatable bonds is 10. The number of amides is 1. The van der Waals surface area contributed by atoms with Crippen LogP contribution in [0.5, 0.6) is 0 Å². The zero-order valence-electron chi connectivity index (χ0n) is 17.6. The molecule has 3 heterocycles. The van der Waals surface area contributed by atoms with Crippen molar-refractivity contribution in [2.45, 2.75) is 50.5 Å². The normalized spacial score (nSPS) is 15.8. The molecule has 0 spiro atoms. The lowest BCUT2D eigenvalue weighted by molar-refractivity contribution is -0.113. The first-order chi connectivity index (χ1) is 15.6. The van der Waals surface area contributed by atoms with Crippen LogP contribution in [0.15, 0.2) is 29.4 Å². The summed E-state index contributed by atoms with van der Waals surface area (Å²) in [6, 6.07) is 6.16. The van der Waals surface area contributed by atoms with Crippen LogP contribution in [0.1, 0.15) is 30.6 Å². The largest absolute Gasteiger partial charge is 0.378 e. The van der Waals surface area contributed by atoms with Crippen molar-refractivity contribution >= 4 is 39.8 Å². The number of aryl methyl sites for hydroxylation is 1. The van der Waals surface area contributed by atoms with Crippen molar-refractivity contribution in [3.63, 3.8) is 0 Å². The van der Waals surface area contributed by atoms with Crippen LogP contribution in [-0.4, -0.2) is 49.3 Å². The first-order valence-corrected chi connectivity index (χ1v) is 12.2. The Bertz CT molecular complexity index is 1040. The fraction of sp³-hybridized carbons (Fsp3) is 0.450. The number of anilines is 2. The Hall–Kier alpha value is -2.57. The predicted octanol–water partition coefficient (Wildman–Crippen LogP) is 3.35. The molecule has 1 fully saturated rings. The van der Waals surface area contributed by atoms with E-state index < -0.39 is 0 Å². The molecule has 1 aromatic carbocycles. The molecule has 12 heteroatoms. The first kappa shape index (κ1) is 22.6. The minimum Gasteiger partial charge on any atom is -0.378 e. The molecule has 0 aliphatic carbocycles. The summed E-state index contributed by atoms with van der Waals surface area (Å²) < 4.78 is 20.9. The van der Waals surface area contributed by atoms with E-state index in [2.05, 4.69) is 31.0 Å². The molecule has 170 valence electrons. The van der Waals surface area contributed by atoms with Gasteiger partial charge in [-0.15, -0.1) is 20.4 Å². The van der Waals surface area contributed by atoms with Gasteiger partial charge in [-0.3, -0.25) is 10.1 Å². The summed E-state index contributed by atoms with van der Waals surface area (Å²) in [5.74, 6) is 0.445. The van der Waals surface area contributed by atoms with E-state index in [0.29, 0.717) is 23.4 Å². The molecule has 1 amide bonds. The fourth-order valence-electron chi connectivity index (χ4n) is 3.21. The van der Waals surface area contributed by atoms with E-state index in [1.807, 2.05) is 11.5 Å². The number of hydrogen-bond donors (Lipinski definition) is 2. The highest BCUT2D eigenvalue weighted by Crippen LogP contribution is 2.23. The van der Waals surface area contributed by atoms with E-state index in [-0.39, 0.29) is 23.6 Å². The van der Waals surface area contributed by atoms with Gasteiger partial charge in [0, 0.05) is 12.3 Å². The third kappa shape index (κ3) is 6.02. The van der Waals surface area contributed by atoms with E-state index >= 15 is 0 Å². The van der Waals surface area contributed by atoms with E-state index in [9.17, 15) is 9.18 Å². The van der Waals surface area contributed by atoms with Gasteiger partial charge in [-0.1, -0.05) is 30.0 Å². The molecule has 9 nitrogen and oxygen atoms in total. The van der Waals surface area contributed by atoms with E-state index in [1.54, 1.807) is 12.1 Å². The molecule has 1 unspecified atom stereocenters. The van der Waals surface area contributed by atoms with Crippen molar-refractivity contribution in [3.05, 3.63) is 40.9 Å². The highest BCUT2D eigenvalue weighted by Gasteiger charge is 2.21. The number of nitrogens with one attached hydrogen (secondary N) is 2. The van der Waals surface area contributed by atoms with Crippen molar-refractivity contribution in [2.75, 3.05) is 23.0 Å².